The maximum atomic E-state index is 11.6. The van der Waals surface area contributed by atoms with Crippen molar-refractivity contribution in [3.8, 4) is 0 Å². The fraction of sp³-hybridized carbons (Fsp3) is 0.462. The zero-order chi connectivity index (χ0) is 12.0. The number of allylic oxidation sites excluding steroid dienone is 5. The van der Waals surface area contributed by atoms with Crippen LogP contribution >= 0.6 is 15.9 Å². The van der Waals surface area contributed by atoms with Crippen molar-refractivity contribution in [3.63, 3.8) is 0 Å². The third-order valence-electron chi connectivity index (χ3n) is 2.76. The van der Waals surface area contributed by atoms with Crippen molar-refractivity contribution in [2.24, 2.45) is 5.92 Å². The Morgan fingerprint density at radius 1 is 1.47 bits per heavy atom. The van der Waals surface area contributed by atoms with Crippen molar-refractivity contribution >= 4 is 21.7 Å². The molecular formula is C13H19BrO. The topological polar surface area (TPSA) is 17.1 Å². The molecule has 1 nitrogen and oxygen atoms in total. The number of carbonyl (C=O) groups excluding carboxylic acids is 1. The molecule has 0 aliphatic carbocycles. The second-order valence-electron chi connectivity index (χ2n) is 3.58. The first-order valence-electron chi connectivity index (χ1n) is 5.04. The molecular weight excluding hydrogens is 252 g/mol. The number of alkyl halides is 1. The molecule has 0 saturated carbocycles. The predicted octanol–water partition coefficient (Wildman–Crippen LogP) is 4.06. The fourth-order valence-corrected chi connectivity index (χ4v) is 1.87. The van der Waals surface area contributed by atoms with Crippen molar-refractivity contribution in [3.05, 3.63) is 35.5 Å². The molecule has 2 heteroatoms. The Balaban J connectivity index is 5.22. The highest BCUT2D eigenvalue weighted by Crippen LogP contribution is 2.22. The minimum atomic E-state index is -0.0863. The maximum absolute atomic E-state index is 11.6. The quantitative estimate of drug-likeness (QED) is 0.544. The van der Waals surface area contributed by atoms with Crippen LogP contribution in [0.4, 0.5) is 0 Å². The Hall–Kier alpha value is -0.630. The summed E-state index contributed by atoms with van der Waals surface area (Å²) in [6.45, 7) is 11.8. The first-order valence-corrected chi connectivity index (χ1v) is 6.16. The Bertz CT molecular complexity index is 310. The zero-order valence-corrected chi connectivity index (χ0v) is 11.5. The minimum absolute atomic E-state index is 0.0863. The standard InChI is InChI=1S/C13H19BrO/c1-6-9(3)10(4)12(7-2)11(5)13(15)8-14/h6-7,11H,2,8H2,1,3-5H3/b9-6-,12-10+. The summed E-state index contributed by atoms with van der Waals surface area (Å²) in [5, 5.41) is 0.397. The number of hydrogen-bond acceptors (Lipinski definition) is 1. The summed E-state index contributed by atoms with van der Waals surface area (Å²) < 4.78 is 0. The summed E-state index contributed by atoms with van der Waals surface area (Å²) in [6.07, 6.45) is 3.83. The minimum Gasteiger partial charge on any atom is -0.298 e. The first kappa shape index (κ1) is 14.4. The molecule has 1 unspecified atom stereocenters. The number of carbonyl (C=O) groups is 1. The number of ketones is 1. The van der Waals surface area contributed by atoms with E-state index < -0.39 is 0 Å². The molecule has 0 aliphatic rings. The van der Waals surface area contributed by atoms with E-state index in [1.54, 1.807) is 6.08 Å². The maximum Gasteiger partial charge on any atom is 0.150 e. The fourth-order valence-electron chi connectivity index (χ4n) is 1.39. The van der Waals surface area contributed by atoms with Crippen molar-refractivity contribution in [1.29, 1.82) is 0 Å². The van der Waals surface area contributed by atoms with Gasteiger partial charge in [-0.1, -0.05) is 47.2 Å². The number of hydrogen-bond donors (Lipinski definition) is 0. The smallest absolute Gasteiger partial charge is 0.150 e. The van der Waals surface area contributed by atoms with E-state index in [1.807, 2.05) is 33.8 Å². The Kier molecular flexibility index (Phi) is 6.50. The van der Waals surface area contributed by atoms with Gasteiger partial charge in [-0.3, -0.25) is 4.79 Å². The molecule has 0 spiro atoms. The van der Waals surface area contributed by atoms with E-state index >= 15 is 0 Å². The Morgan fingerprint density at radius 3 is 2.33 bits per heavy atom. The Morgan fingerprint density at radius 2 is 2.00 bits per heavy atom. The van der Waals surface area contributed by atoms with Crippen LogP contribution in [0.3, 0.4) is 0 Å². The monoisotopic (exact) mass is 270 g/mol. The third-order valence-corrected chi connectivity index (χ3v) is 3.31. The SMILES string of the molecule is C=C/C(=C(C)\C(C)=C/C)C(C)C(=O)CBr. The van der Waals surface area contributed by atoms with E-state index in [4.69, 9.17) is 0 Å². The molecule has 0 aliphatic heterocycles. The van der Waals surface area contributed by atoms with E-state index in [2.05, 4.69) is 22.5 Å². The molecule has 0 amide bonds. The van der Waals surface area contributed by atoms with Gasteiger partial charge >= 0.3 is 0 Å². The Labute approximate surface area is 101 Å². The molecule has 1 atom stereocenters. The van der Waals surface area contributed by atoms with Crippen LogP contribution in [0.15, 0.2) is 35.5 Å². The van der Waals surface area contributed by atoms with Gasteiger partial charge in [0, 0.05) is 5.92 Å². The average Bonchev–Trinajstić information content (AvgIpc) is 2.27. The van der Waals surface area contributed by atoms with Crippen molar-refractivity contribution < 1.29 is 4.79 Å². The number of Topliss-reactive ketones (excluding diaryl/α,β-unsaturated/α-hetero) is 1. The molecule has 0 radical (unpaired) electrons. The lowest BCUT2D eigenvalue weighted by Crippen LogP contribution is -2.15. The van der Waals surface area contributed by atoms with Gasteiger partial charge in [0.2, 0.25) is 0 Å². The summed E-state index contributed by atoms with van der Waals surface area (Å²) in [5.41, 5.74) is 3.36. The van der Waals surface area contributed by atoms with E-state index in [9.17, 15) is 4.79 Å². The molecule has 0 aromatic rings. The van der Waals surface area contributed by atoms with E-state index in [0.29, 0.717) is 5.33 Å². The summed E-state index contributed by atoms with van der Waals surface area (Å²) in [5.74, 6) is 0.102. The summed E-state index contributed by atoms with van der Waals surface area (Å²) in [7, 11) is 0. The third kappa shape index (κ3) is 3.78. The normalized spacial score (nSPS) is 15.7. The van der Waals surface area contributed by atoms with Crippen LogP contribution in [0, 0.1) is 5.92 Å². The number of rotatable bonds is 5. The highest BCUT2D eigenvalue weighted by atomic mass is 79.9. The van der Waals surface area contributed by atoms with E-state index in [1.165, 1.54) is 5.57 Å². The average molecular weight is 271 g/mol. The number of halogens is 1. The van der Waals surface area contributed by atoms with Crippen molar-refractivity contribution in [2.45, 2.75) is 27.7 Å². The molecule has 0 aromatic carbocycles. The zero-order valence-electron chi connectivity index (χ0n) is 9.93. The van der Waals surface area contributed by atoms with Crippen LogP contribution in [0.5, 0.6) is 0 Å². The van der Waals surface area contributed by atoms with Gasteiger partial charge in [0.1, 0.15) is 0 Å². The van der Waals surface area contributed by atoms with Gasteiger partial charge in [0.25, 0.3) is 0 Å². The van der Waals surface area contributed by atoms with Crippen LogP contribution in [0.1, 0.15) is 27.7 Å². The lowest BCUT2D eigenvalue weighted by molar-refractivity contribution is -0.118. The highest BCUT2D eigenvalue weighted by Gasteiger charge is 2.16. The van der Waals surface area contributed by atoms with Gasteiger partial charge in [-0.2, -0.15) is 0 Å². The van der Waals surface area contributed by atoms with Gasteiger partial charge in [-0.15, -0.1) is 0 Å². The second kappa shape index (κ2) is 6.78. The van der Waals surface area contributed by atoms with Crippen LogP contribution in [0.2, 0.25) is 0 Å². The summed E-state index contributed by atoms with van der Waals surface area (Å²) >= 11 is 3.20. The van der Waals surface area contributed by atoms with Crippen LogP contribution in [0.25, 0.3) is 0 Å². The lowest BCUT2D eigenvalue weighted by Gasteiger charge is -2.14. The van der Waals surface area contributed by atoms with Gasteiger partial charge in [-0.05, 0) is 31.9 Å². The van der Waals surface area contributed by atoms with Gasteiger partial charge < -0.3 is 0 Å². The summed E-state index contributed by atoms with van der Waals surface area (Å²) in [6, 6.07) is 0. The van der Waals surface area contributed by atoms with Crippen LogP contribution in [-0.4, -0.2) is 11.1 Å². The molecule has 0 bridgehead atoms. The largest absolute Gasteiger partial charge is 0.298 e. The van der Waals surface area contributed by atoms with Gasteiger partial charge in [0.05, 0.1) is 5.33 Å². The molecule has 84 valence electrons. The highest BCUT2D eigenvalue weighted by molar-refractivity contribution is 9.09. The predicted molar refractivity (Wildman–Crippen MR) is 70.3 cm³/mol. The molecule has 0 heterocycles. The molecule has 0 saturated heterocycles. The summed E-state index contributed by atoms with van der Waals surface area (Å²) in [4.78, 5) is 11.6. The van der Waals surface area contributed by atoms with E-state index in [-0.39, 0.29) is 11.7 Å². The van der Waals surface area contributed by atoms with Gasteiger partial charge in [0.15, 0.2) is 5.78 Å². The molecule has 0 fully saturated rings. The molecule has 15 heavy (non-hydrogen) atoms. The van der Waals surface area contributed by atoms with Crippen molar-refractivity contribution in [1.82, 2.24) is 0 Å². The lowest BCUT2D eigenvalue weighted by atomic mass is 9.90. The van der Waals surface area contributed by atoms with Gasteiger partial charge in [-0.25, -0.2) is 0 Å². The first-order chi connectivity index (χ1) is 6.99. The molecule has 0 rings (SSSR count). The van der Waals surface area contributed by atoms with Crippen LogP contribution in [-0.2, 0) is 4.79 Å². The molecule has 0 N–H and O–H groups in total. The van der Waals surface area contributed by atoms with Crippen molar-refractivity contribution in [2.75, 3.05) is 5.33 Å². The molecule has 0 aromatic heterocycles. The van der Waals surface area contributed by atoms with E-state index in [0.717, 1.165) is 11.1 Å². The van der Waals surface area contributed by atoms with Crippen LogP contribution < -0.4 is 0 Å². The second-order valence-corrected chi connectivity index (χ2v) is 4.14.